The van der Waals surface area contributed by atoms with Crippen molar-refractivity contribution in [2.24, 2.45) is 5.73 Å². The fourth-order valence-electron chi connectivity index (χ4n) is 1.55. The lowest BCUT2D eigenvalue weighted by Gasteiger charge is -2.08. The number of halogens is 1. The Balaban J connectivity index is 2.44. The molecule has 2 rings (SSSR count). The minimum absolute atomic E-state index is 0.0834. The molecular weight excluding hydrogens is 350 g/mol. The Morgan fingerprint density at radius 3 is 2.62 bits per heavy atom. The van der Waals surface area contributed by atoms with Crippen molar-refractivity contribution < 1.29 is 8.42 Å². The molecule has 0 aliphatic carbocycles. The van der Waals surface area contributed by atoms with Crippen molar-refractivity contribution in [1.82, 2.24) is 4.98 Å². The number of nitrogens with one attached hydrogen (secondary N) is 1. The van der Waals surface area contributed by atoms with Gasteiger partial charge in [0.1, 0.15) is 9.88 Å². The standard InChI is InChI=1S/C12H12ClN3O2S3/c1-6-7(2)20-12(15-6)16-21(17,18)10-5-8(11(14)19)3-4-9(10)13/h3-5H,1-2H3,(H2,14,19)(H,15,16). The zero-order chi connectivity index (χ0) is 15.8. The highest BCUT2D eigenvalue weighted by Crippen LogP contribution is 2.27. The van der Waals surface area contributed by atoms with Crippen LogP contribution in [-0.2, 0) is 10.0 Å². The summed E-state index contributed by atoms with van der Waals surface area (Å²) in [5.41, 5.74) is 6.72. The topological polar surface area (TPSA) is 85.1 Å². The number of thiazole rings is 1. The summed E-state index contributed by atoms with van der Waals surface area (Å²) in [6.45, 7) is 3.68. The number of hydrogen-bond acceptors (Lipinski definition) is 5. The van der Waals surface area contributed by atoms with E-state index in [4.69, 9.17) is 29.6 Å². The van der Waals surface area contributed by atoms with Crippen LogP contribution in [0.2, 0.25) is 5.02 Å². The summed E-state index contributed by atoms with van der Waals surface area (Å²) >= 11 is 12.1. The molecule has 0 spiro atoms. The van der Waals surface area contributed by atoms with Crippen molar-refractivity contribution in [3.05, 3.63) is 39.4 Å². The van der Waals surface area contributed by atoms with Gasteiger partial charge < -0.3 is 5.73 Å². The van der Waals surface area contributed by atoms with E-state index in [0.29, 0.717) is 10.7 Å². The Kier molecular flexibility index (Phi) is 4.52. The fraction of sp³-hybridized carbons (Fsp3) is 0.167. The van der Waals surface area contributed by atoms with Crippen molar-refractivity contribution in [2.45, 2.75) is 18.7 Å². The molecule has 1 aromatic heterocycles. The number of thiocarbonyl (C=S) groups is 1. The molecule has 0 saturated carbocycles. The molecule has 0 aliphatic heterocycles. The summed E-state index contributed by atoms with van der Waals surface area (Å²) in [7, 11) is -3.85. The van der Waals surface area contributed by atoms with Crippen LogP contribution in [0, 0.1) is 13.8 Å². The molecule has 0 radical (unpaired) electrons. The Hall–Kier alpha value is -1.22. The van der Waals surface area contributed by atoms with Crippen molar-refractivity contribution in [1.29, 1.82) is 0 Å². The molecule has 0 bridgehead atoms. The third-order valence-corrected chi connectivity index (χ3v) is 5.93. The van der Waals surface area contributed by atoms with E-state index in [1.165, 1.54) is 23.5 Å². The van der Waals surface area contributed by atoms with E-state index in [0.717, 1.165) is 10.6 Å². The van der Waals surface area contributed by atoms with Crippen LogP contribution in [0.25, 0.3) is 0 Å². The summed E-state index contributed by atoms with van der Waals surface area (Å²) in [4.78, 5) is 5.10. The van der Waals surface area contributed by atoms with E-state index in [2.05, 4.69) is 9.71 Å². The highest BCUT2D eigenvalue weighted by atomic mass is 35.5. The van der Waals surface area contributed by atoms with Crippen LogP contribution in [0.5, 0.6) is 0 Å². The largest absolute Gasteiger partial charge is 0.389 e. The summed E-state index contributed by atoms with van der Waals surface area (Å²) in [5.74, 6) is 0. The second-order valence-corrected chi connectivity index (χ2v) is 7.98. The molecule has 9 heteroatoms. The SMILES string of the molecule is Cc1nc(NS(=O)(=O)c2cc(C(N)=S)ccc2Cl)sc1C. The summed E-state index contributed by atoms with van der Waals surface area (Å²) in [5, 5.41) is 0.384. The number of aryl methyl sites for hydroxylation is 2. The van der Waals surface area contributed by atoms with Crippen LogP contribution in [0.4, 0.5) is 5.13 Å². The number of sulfonamides is 1. The van der Waals surface area contributed by atoms with Gasteiger partial charge in [-0.1, -0.05) is 29.9 Å². The minimum atomic E-state index is -3.85. The van der Waals surface area contributed by atoms with Gasteiger partial charge in [0.2, 0.25) is 0 Å². The normalized spacial score (nSPS) is 11.4. The second kappa shape index (κ2) is 5.88. The average Bonchev–Trinajstić information content (AvgIpc) is 2.67. The van der Waals surface area contributed by atoms with Gasteiger partial charge in [0.05, 0.1) is 10.7 Å². The molecule has 2 aromatic rings. The molecule has 1 heterocycles. The van der Waals surface area contributed by atoms with E-state index in [1.807, 2.05) is 13.8 Å². The molecule has 1 aromatic carbocycles. The summed E-state index contributed by atoms with van der Waals surface area (Å²) < 4.78 is 27.2. The van der Waals surface area contributed by atoms with Gasteiger partial charge in [-0.25, -0.2) is 13.4 Å². The predicted octanol–water partition coefficient (Wildman–Crippen LogP) is 2.85. The van der Waals surface area contributed by atoms with Crippen LogP contribution in [0.15, 0.2) is 23.1 Å². The molecule has 112 valence electrons. The molecule has 0 aliphatic rings. The number of rotatable bonds is 4. The highest BCUT2D eigenvalue weighted by molar-refractivity contribution is 7.93. The average molecular weight is 362 g/mol. The molecule has 3 N–H and O–H groups in total. The van der Waals surface area contributed by atoms with Gasteiger partial charge in [0.25, 0.3) is 10.0 Å². The molecule has 0 saturated heterocycles. The lowest BCUT2D eigenvalue weighted by molar-refractivity contribution is 0.601. The van der Waals surface area contributed by atoms with Crippen molar-refractivity contribution in [3.63, 3.8) is 0 Å². The van der Waals surface area contributed by atoms with Crippen LogP contribution < -0.4 is 10.5 Å². The fourth-order valence-corrected chi connectivity index (χ4v) is 4.25. The first-order valence-electron chi connectivity index (χ1n) is 5.77. The third kappa shape index (κ3) is 3.52. The monoisotopic (exact) mass is 361 g/mol. The number of anilines is 1. The van der Waals surface area contributed by atoms with Crippen LogP contribution in [0.3, 0.4) is 0 Å². The molecule has 5 nitrogen and oxygen atoms in total. The zero-order valence-electron chi connectivity index (χ0n) is 11.2. The number of nitrogens with zero attached hydrogens (tertiary/aromatic N) is 1. The number of aromatic nitrogens is 1. The Labute approximate surface area is 137 Å². The van der Waals surface area contributed by atoms with E-state index >= 15 is 0 Å². The molecule has 0 atom stereocenters. The van der Waals surface area contributed by atoms with Gasteiger partial charge in [0, 0.05) is 10.4 Å². The first kappa shape index (κ1) is 16.2. The maximum absolute atomic E-state index is 12.4. The Morgan fingerprint density at radius 1 is 1.43 bits per heavy atom. The van der Waals surface area contributed by atoms with Crippen molar-refractivity contribution in [3.8, 4) is 0 Å². The quantitative estimate of drug-likeness (QED) is 0.818. The zero-order valence-corrected chi connectivity index (χ0v) is 14.4. The van der Waals surface area contributed by atoms with Gasteiger partial charge in [-0.3, -0.25) is 4.72 Å². The van der Waals surface area contributed by atoms with Crippen LogP contribution in [0.1, 0.15) is 16.1 Å². The van der Waals surface area contributed by atoms with Crippen molar-refractivity contribution in [2.75, 3.05) is 4.72 Å². The smallest absolute Gasteiger partial charge is 0.265 e. The Bertz CT molecular complexity index is 796. The van der Waals surface area contributed by atoms with Gasteiger partial charge in [0.15, 0.2) is 5.13 Å². The van der Waals surface area contributed by atoms with E-state index in [1.54, 1.807) is 6.07 Å². The van der Waals surface area contributed by atoms with E-state index in [-0.39, 0.29) is 14.9 Å². The maximum Gasteiger partial charge on any atom is 0.265 e. The van der Waals surface area contributed by atoms with Gasteiger partial charge >= 0.3 is 0 Å². The molecular formula is C12H12ClN3O2S3. The van der Waals surface area contributed by atoms with Crippen LogP contribution >= 0.6 is 35.2 Å². The van der Waals surface area contributed by atoms with Crippen LogP contribution in [-0.4, -0.2) is 18.4 Å². The number of hydrogen-bond donors (Lipinski definition) is 2. The number of benzene rings is 1. The first-order chi connectivity index (χ1) is 9.70. The molecule has 0 unspecified atom stereocenters. The predicted molar refractivity (Wildman–Crippen MR) is 89.7 cm³/mol. The van der Waals surface area contributed by atoms with Gasteiger partial charge in [-0.05, 0) is 26.0 Å². The summed E-state index contributed by atoms with van der Waals surface area (Å²) in [6.07, 6.45) is 0. The van der Waals surface area contributed by atoms with Crippen molar-refractivity contribution >= 4 is 55.3 Å². The third-order valence-electron chi connectivity index (χ3n) is 2.76. The molecule has 21 heavy (non-hydrogen) atoms. The molecule has 0 amide bonds. The Morgan fingerprint density at radius 2 is 2.10 bits per heavy atom. The lowest BCUT2D eigenvalue weighted by Crippen LogP contribution is -2.15. The van der Waals surface area contributed by atoms with E-state index < -0.39 is 10.0 Å². The second-order valence-electron chi connectivity index (χ2n) is 4.28. The van der Waals surface area contributed by atoms with Gasteiger partial charge in [-0.15, -0.1) is 11.3 Å². The number of nitrogens with two attached hydrogens (primary N) is 1. The summed E-state index contributed by atoms with van der Waals surface area (Å²) in [6, 6.07) is 4.37. The molecule has 0 fully saturated rings. The maximum atomic E-state index is 12.4. The van der Waals surface area contributed by atoms with E-state index in [9.17, 15) is 8.42 Å². The first-order valence-corrected chi connectivity index (χ1v) is 8.85. The minimum Gasteiger partial charge on any atom is -0.389 e. The highest BCUT2D eigenvalue weighted by Gasteiger charge is 2.21. The lowest BCUT2D eigenvalue weighted by atomic mass is 10.2. The van der Waals surface area contributed by atoms with Gasteiger partial charge in [-0.2, -0.15) is 0 Å².